The molecule has 0 bridgehead atoms. The number of likely N-dealkylation sites (tertiary alicyclic amines) is 1. The third-order valence-electron chi connectivity index (χ3n) is 3.79. The van der Waals surface area contributed by atoms with Crippen molar-refractivity contribution in [3.05, 3.63) is 33.9 Å². The predicted octanol–water partition coefficient (Wildman–Crippen LogP) is 2.16. The van der Waals surface area contributed by atoms with Gasteiger partial charge in [0, 0.05) is 12.1 Å². The molecule has 2 rings (SSSR count). The van der Waals surface area contributed by atoms with Gasteiger partial charge in [0.2, 0.25) is 0 Å². The fourth-order valence-corrected chi connectivity index (χ4v) is 2.57. The van der Waals surface area contributed by atoms with E-state index in [2.05, 4.69) is 4.90 Å². The molecule has 0 saturated carbocycles. The minimum absolute atomic E-state index is 0.0531. The molecule has 1 aliphatic rings. The van der Waals surface area contributed by atoms with Gasteiger partial charge < -0.3 is 14.7 Å². The van der Waals surface area contributed by atoms with Crippen LogP contribution >= 0.6 is 0 Å². The minimum atomic E-state index is -1.15. The van der Waals surface area contributed by atoms with Gasteiger partial charge in [0.25, 0.3) is 5.69 Å². The number of benzene rings is 1. The second kappa shape index (κ2) is 6.53. The van der Waals surface area contributed by atoms with Crippen LogP contribution in [-0.4, -0.2) is 47.1 Å². The van der Waals surface area contributed by atoms with E-state index in [-0.39, 0.29) is 17.0 Å². The van der Waals surface area contributed by atoms with E-state index >= 15 is 0 Å². The molecule has 1 aromatic carbocycles. The molecule has 0 radical (unpaired) electrons. The van der Waals surface area contributed by atoms with Crippen LogP contribution in [0.5, 0.6) is 5.75 Å². The Morgan fingerprint density at radius 3 is 2.90 bits per heavy atom. The number of non-ortho nitro benzene ring substituents is 1. The second-order valence-electron chi connectivity index (χ2n) is 5.16. The lowest BCUT2D eigenvalue weighted by Gasteiger charge is -2.19. The van der Waals surface area contributed by atoms with Crippen LogP contribution in [-0.2, 0) is 0 Å². The van der Waals surface area contributed by atoms with Crippen molar-refractivity contribution in [2.24, 2.45) is 0 Å². The van der Waals surface area contributed by atoms with Gasteiger partial charge in [-0.25, -0.2) is 4.79 Å². The topological polar surface area (TPSA) is 92.9 Å². The Morgan fingerprint density at radius 2 is 2.33 bits per heavy atom. The number of rotatable bonds is 6. The van der Waals surface area contributed by atoms with E-state index in [0.29, 0.717) is 12.6 Å². The zero-order chi connectivity index (χ0) is 15.4. The average molecular weight is 294 g/mol. The van der Waals surface area contributed by atoms with E-state index in [1.165, 1.54) is 18.2 Å². The highest BCUT2D eigenvalue weighted by molar-refractivity contribution is 5.91. The van der Waals surface area contributed by atoms with Crippen LogP contribution in [0, 0.1) is 10.1 Å². The monoisotopic (exact) mass is 294 g/mol. The SMILES string of the molecule is CN1CCCC1CCOc1cc([N+](=O)[O-])ccc1C(=O)O. The summed E-state index contributed by atoms with van der Waals surface area (Å²) in [6.07, 6.45) is 3.02. The number of carboxylic acid groups (broad SMARTS) is 1. The van der Waals surface area contributed by atoms with Crippen molar-refractivity contribution in [1.82, 2.24) is 4.90 Å². The van der Waals surface area contributed by atoms with Crippen LogP contribution in [0.25, 0.3) is 0 Å². The molecule has 114 valence electrons. The van der Waals surface area contributed by atoms with Crippen LogP contribution in [0.2, 0.25) is 0 Å². The lowest BCUT2D eigenvalue weighted by Crippen LogP contribution is -2.26. The molecular weight excluding hydrogens is 276 g/mol. The molecule has 1 atom stereocenters. The molecule has 1 N–H and O–H groups in total. The van der Waals surface area contributed by atoms with Gasteiger partial charge in [0.05, 0.1) is 17.6 Å². The van der Waals surface area contributed by atoms with Crippen molar-refractivity contribution in [2.75, 3.05) is 20.2 Å². The van der Waals surface area contributed by atoms with Crippen molar-refractivity contribution in [2.45, 2.75) is 25.3 Å². The minimum Gasteiger partial charge on any atom is -0.492 e. The number of carboxylic acids is 1. The summed E-state index contributed by atoms with van der Waals surface area (Å²) >= 11 is 0. The number of nitrogens with zero attached hydrogens (tertiary/aromatic N) is 2. The zero-order valence-corrected chi connectivity index (χ0v) is 11.8. The molecule has 1 aromatic rings. The standard InChI is InChI=1S/C14H18N2O5/c1-15-7-2-3-10(15)6-8-21-13-9-11(16(19)20)4-5-12(13)14(17)18/h4-5,9-10H,2-3,6-8H2,1H3,(H,17,18). The summed E-state index contributed by atoms with van der Waals surface area (Å²) in [4.78, 5) is 23.6. The Morgan fingerprint density at radius 1 is 1.57 bits per heavy atom. The van der Waals surface area contributed by atoms with Crippen molar-refractivity contribution >= 4 is 11.7 Å². The number of aromatic carboxylic acids is 1. The van der Waals surface area contributed by atoms with Gasteiger partial charge in [-0.15, -0.1) is 0 Å². The van der Waals surface area contributed by atoms with E-state index in [0.717, 1.165) is 25.8 Å². The Hall–Kier alpha value is -2.15. The van der Waals surface area contributed by atoms with Crippen molar-refractivity contribution in [3.63, 3.8) is 0 Å². The number of hydrogen-bond acceptors (Lipinski definition) is 5. The molecule has 1 heterocycles. The number of carbonyl (C=O) groups is 1. The molecule has 0 spiro atoms. The highest BCUT2D eigenvalue weighted by Gasteiger charge is 2.21. The fourth-order valence-electron chi connectivity index (χ4n) is 2.57. The largest absolute Gasteiger partial charge is 0.492 e. The zero-order valence-electron chi connectivity index (χ0n) is 11.8. The predicted molar refractivity (Wildman–Crippen MR) is 75.8 cm³/mol. The Labute approximate surface area is 122 Å². The number of nitro groups is 1. The lowest BCUT2D eigenvalue weighted by atomic mass is 10.1. The summed E-state index contributed by atoms with van der Waals surface area (Å²) in [6, 6.07) is 3.97. The first-order chi connectivity index (χ1) is 9.99. The molecule has 1 saturated heterocycles. The van der Waals surface area contributed by atoms with Gasteiger partial charge >= 0.3 is 5.97 Å². The third-order valence-corrected chi connectivity index (χ3v) is 3.79. The van der Waals surface area contributed by atoms with E-state index in [1.54, 1.807) is 0 Å². The van der Waals surface area contributed by atoms with Crippen LogP contribution in [0.3, 0.4) is 0 Å². The van der Waals surface area contributed by atoms with Crippen LogP contribution in [0.4, 0.5) is 5.69 Å². The molecule has 21 heavy (non-hydrogen) atoms. The number of nitro benzene ring substituents is 1. The summed E-state index contributed by atoms with van der Waals surface area (Å²) in [5.74, 6) is -1.10. The lowest BCUT2D eigenvalue weighted by molar-refractivity contribution is -0.384. The van der Waals surface area contributed by atoms with E-state index in [4.69, 9.17) is 9.84 Å². The van der Waals surface area contributed by atoms with Crippen molar-refractivity contribution in [1.29, 1.82) is 0 Å². The second-order valence-corrected chi connectivity index (χ2v) is 5.16. The van der Waals surface area contributed by atoms with Crippen molar-refractivity contribution in [3.8, 4) is 5.75 Å². The van der Waals surface area contributed by atoms with Gasteiger partial charge in [-0.05, 0) is 38.9 Å². The summed E-state index contributed by atoms with van der Waals surface area (Å²) in [5, 5.41) is 19.8. The van der Waals surface area contributed by atoms with Crippen LogP contribution in [0.1, 0.15) is 29.6 Å². The molecule has 7 heteroatoms. The first-order valence-corrected chi connectivity index (χ1v) is 6.84. The highest BCUT2D eigenvalue weighted by Crippen LogP contribution is 2.26. The van der Waals surface area contributed by atoms with Gasteiger partial charge in [-0.3, -0.25) is 10.1 Å². The van der Waals surface area contributed by atoms with E-state index in [9.17, 15) is 14.9 Å². The molecular formula is C14H18N2O5. The molecule has 1 fully saturated rings. The van der Waals surface area contributed by atoms with Crippen LogP contribution < -0.4 is 4.74 Å². The van der Waals surface area contributed by atoms with Gasteiger partial charge in [-0.1, -0.05) is 0 Å². The Balaban J connectivity index is 2.04. The summed E-state index contributed by atoms with van der Waals surface area (Å²) in [7, 11) is 2.05. The molecule has 7 nitrogen and oxygen atoms in total. The van der Waals surface area contributed by atoms with Crippen molar-refractivity contribution < 1.29 is 19.6 Å². The molecule has 1 aliphatic heterocycles. The highest BCUT2D eigenvalue weighted by atomic mass is 16.6. The maximum Gasteiger partial charge on any atom is 0.339 e. The first kappa shape index (κ1) is 15.2. The number of hydrogen-bond donors (Lipinski definition) is 1. The first-order valence-electron chi connectivity index (χ1n) is 6.84. The molecule has 1 unspecified atom stereocenters. The summed E-state index contributed by atoms with van der Waals surface area (Å²) in [5.41, 5.74) is -0.228. The quantitative estimate of drug-likeness (QED) is 0.638. The normalized spacial score (nSPS) is 18.6. The maximum absolute atomic E-state index is 11.1. The average Bonchev–Trinajstić information content (AvgIpc) is 2.84. The summed E-state index contributed by atoms with van der Waals surface area (Å²) < 4.78 is 5.49. The van der Waals surface area contributed by atoms with Gasteiger partial charge in [0.15, 0.2) is 0 Å². The molecule has 0 aromatic heterocycles. The van der Waals surface area contributed by atoms with E-state index < -0.39 is 10.9 Å². The molecule has 0 aliphatic carbocycles. The maximum atomic E-state index is 11.1. The van der Waals surface area contributed by atoms with Gasteiger partial charge in [-0.2, -0.15) is 0 Å². The van der Waals surface area contributed by atoms with Crippen LogP contribution in [0.15, 0.2) is 18.2 Å². The molecule has 0 amide bonds. The third kappa shape index (κ3) is 3.69. The Bertz CT molecular complexity index is 546. The summed E-state index contributed by atoms with van der Waals surface area (Å²) in [6.45, 7) is 1.40. The van der Waals surface area contributed by atoms with Gasteiger partial charge in [0.1, 0.15) is 11.3 Å². The number of ether oxygens (including phenoxy) is 1. The van der Waals surface area contributed by atoms with E-state index in [1.807, 2.05) is 7.05 Å². The Kier molecular flexibility index (Phi) is 4.74. The fraction of sp³-hybridized carbons (Fsp3) is 0.500. The smallest absolute Gasteiger partial charge is 0.339 e.